The van der Waals surface area contributed by atoms with Crippen LogP contribution >= 0.6 is 0 Å². The van der Waals surface area contributed by atoms with E-state index in [-0.39, 0.29) is 31.2 Å². The maximum atomic E-state index is 12.6. The Balaban J connectivity index is 2.13. The van der Waals surface area contributed by atoms with Crippen molar-refractivity contribution in [1.82, 2.24) is 15.2 Å². The smallest absolute Gasteiger partial charge is 0.355 e. The van der Waals surface area contributed by atoms with Crippen LogP contribution in [-0.4, -0.2) is 65.8 Å². The lowest BCUT2D eigenvalue weighted by Crippen LogP contribution is -2.37. The number of aliphatic hydroxyl groups is 1. The van der Waals surface area contributed by atoms with Gasteiger partial charge in [-0.1, -0.05) is 0 Å². The third-order valence-corrected chi connectivity index (χ3v) is 4.38. The van der Waals surface area contributed by atoms with Crippen LogP contribution in [0.2, 0.25) is 0 Å². The fourth-order valence-electron chi connectivity index (χ4n) is 3.15. The van der Waals surface area contributed by atoms with E-state index < -0.39 is 5.97 Å². The van der Waals surface area contributed by atoms with Crippen molar-refractivity contribution in [3.05, 3.63) is 22.5 Å². The molecule has 1 aromatic heterocycles. The summed E-state index contributed by atoms with van der Waals surface area (Å²) < 4.78 is 5.00. The van der Waals surface area contributed by atoms with Gasteiger partial charge in [0.15, 0.2) is 0 Å². The molecule has 1 saturated heterocycles. The first-order chi connectivity index (χ1) is 10.9. The number of aromatic nitrogens is 1. The van der Waals surface area contributed by atoms with Gasteiger partial charge >= 0.3 is 5.97 Å². The molecule has 7 nitrogen and oxygen atoms in total. The Labute approximate surface area is 136 Å². The maximum absolute atomic E-state index is 12.6. The number of esters is 1. The molecule has 1 amide bonds. The average molecular weight is 323 g/mol. The van der Waals surface area contributed by atoms with Gasteiger partial charge in [0.2, 0.25) is 0 Å². The molecule has 0 aliphatic carbocycles. The summed E-state index contributed by atoms with van der Waals surface area (Å²) in [4.78, 5) is 29.5. The number of carbonyl (C=O) groups excluding carboxylic acids is 2. The number of H-pyrrole nitrogens is 1. The van der Waals surface area contributed by atoms with Gasteiger partial charge < -0.3 is 20.1 Å². The van der Waals surface area contributed by atoms with Crippen molar-refractivity contribution in [2.75, 3.05) is 26.8 Å². The quantitative estimate of drug-likeness (QED) is 0.690. The standard InChI is InChI=1S/C16H25N3O4/c1-5-23-16(22)14-9(2)13(10(3)17-14)15(21)18-11-6-12(8-20)19(4)7-11/h11-12,17,20H,5-8H2,1-4H3,(H,18,21)/t11-,12+/m1/s1. The molecule has 0 spiro atoms. The summed E-state index contributed by atoms with van der Waals surface area (Å²) in [6.07, 6.45) is 0.714. The number of carbonyl (C=O) groups is 2. The van der Waals surface area contributed by atoms with E-state index >= 15 is 0 Å². The number of nitrogens with zero attached hydrogens (tertiary/aromatic N) is 1. The average Bonchev–Trinajstić information content (AvgIpc) is 2.98. The molecule has 128 valence electrons. The predicted octanol–water partition coefficient (Wildman–Crippen LogP) is 0.603. The van der Waals surface area contributed by atoms with E-state index in [0.29, 0.717) is 35.5 Å². The summed E-state index contributed by atoms with van der Waals surface area (Å²) in [7, 11) is 1.93. The first-order valence-corrected chi connectivity index (χ1v) is 7.87. The second-order valence-corrected chi connectivity index (χ2v) is 6.03. The number of hydrogen-bond acceptors (Lipinski definition) is 5. The molecule has 7 heteroatoms. The number of amides is 1. The summed E-state index contributed by atoms with van der Waals surface area (Å²) in [5.41, 5.74) is 2.06. The third-order valence-electron chi connectivity index (χ3n) is 4.38. The predicted molar refractivity (Wildman–Crippen MR) is 85.6 cm³/mol. The molecule has 23 heavy (non-hydrogen) atoms. The second-order valence-electron chi connectivity index (χ2n) is 6.03. The van der Waals surface area contributed by atoms with Gasteiger partial charge in [-0.05, 0) is 39.8 Å². The number of ether oxygens (including phenoxy) is 1. The van der Waals surface area contributed by atoms with Gasteiger partial charge in [0.1, 0.15) is 5.69 Å². The van der Waals surface area contributed by atoms with Crippen LogP contribution in [0.25, 0.3) is 0 Å². The van der Waals surface area contributed by atoms with E-state index in [9.17, 15) is 14.7 Å². The largest absolute Gasteiger partial charge is 0.461 e. The highest BCUT2D eigenvalue weighted by atomic mass is 16.5. The molecular formula is C16H25N3O4. The van der Waals surface area contributed by atoms with Crippen LogP contribution in [0.3, 0.4) is 0 Å². The molecule has 2 rings (SSSR count). The number of aliphatic hydroxyl groups excluding tert-OH is 1. The first kappa shape index (κ1) is 17.5. The van der Waals surface area contributed by atoms with Crippen molar-refractivity contribution >= 4 is 11.9 Å². The van der Waals surface area contributed by atoms with Gasteiger partial charge in [-0.25, -0.2) is 4.79 Å². The summed E-state index contributed by atoms with van der Waals surface area (Å²) in [5, 5.41) is 12.3. The van der Waals surface area contributed by atoms with E-state index in [1.165, 1.54) is 0 Å². The number of rotatable bonds is 5. The minimum Gasteiger partial charge on any atom is -0.461 e. The summed E-state index contributed by atoms with van der Waals surface area (Å²) in [6, 6.07) is 0.0632. The van der Waals surface area contributed by atoms with Crippen molar-refractivity contribution in [2.45, 2.75) is 39.3 Å². The molecule has 0 radical (unpaired) electrons. The Morgan fingerprint density at radius 1 is 1.43 bits per heavy atom. The Morgan fingerprint density at radius 2 is 2.13 bits per heavy atom. The number of aryl methyl sites for hydroxylation is 1. The Kier molecular flexibility index (Phi) is 5.43. The number of likely N-dealkylation sites (tertiary alicyclic amines) is 1. The van der Waals surface area contributed by atoms with Gasteiger partial charge in [0, 0.05) is 24.3 Å². The van der Waals surface area contributed by atoms with Crippen LogP contribution in [-0.2, 0) is 4.74 Å². The van der Waals surface area contributed by atoms with E-state index in [0.717, 1.165) is 0 Å². The Morgan fingerprint density at radius 3 is 2.70 bits per heavy atom. The number of aromatic amines is 1. The van der Waals surface area contributed by atoms with Gasteiger partial charge in [0.05, 0.1) is 18.8 Å². The summed E-state index contributed by atoms with van der Waals surface area (Å²) >= 11 is 0. The minimum atomic E-state index is -0.451. The van der Waals surface area contributed by atoms with E-state index in [1.807, 2.05) is 11.9 Å². The zero-order chi connectivity index (χ0) is 17.1. The van der Waals surface area contributed by atoms with Gasteiger partial charge in [-0.15, -0.1) is 0 Å². The van der Waals surface area contributed by atoms with Crippen molar-refractivity contribution in [2.24, 2.45) is 0 Å². The van der Waals surface area contributed by atoms with Crippen LogP contribution in [0.1, 0.15) is 45.4 Å². The molecule has 0 bridgehead atoms. The fraction of sp³-hybridized carbons (Fsp3) is 0.625. The minimum absolute atomic E-state index is 0.00982. The van der Waals surface area contributed by atoms with E-state index in [2.05, 4.69) is 10.3 Å². The highest BCUT2D eigenvalue weighted by molar-refractivity contribution is 6.01. The lowest BCUT2D eigenvalue weighted by molar-refractivity contribution is 0.0519. The molecule has 0 unspecified atom stereocenters. The Bertz CT molecular complexity index is 596. The molecule has 1 aliphatic heterocycles. The molecule has 1 aromatic rings. The molecule has 3 N–H and O–H groups in total. The highest BCUT2D eigenvalue weighted by Crippen LogP contribution is 2.21. The SMILES string of the molecule is CCOC(=O)c1[nH]c(C)c(C(=O)N[C@@H]2C[C@@H](CO)N(C)C2)c1C. The lowest BCUT2D eigenvalue weighted by Gasteiger charge is -2.15. The van der Waals surface area contributed by atoms with Gasteiger partial charge in [-0.2, -0.15) is 0 Å². The third kappa shape index (κ3) is 3.56. The monoisotopic (exact) mass is 323 g/mol. The van der Waals surface area contributed by atoms with Crippen LogP contribution in [0.5, 0.6) is 0 Å². The Hall–Kier alpha value is -1.86. The lowest BCUT2D eigenvalue weighted by atomic mass is 10.1. The van der Waals surface area contributed by atoms with Crippen LogP contribution in [0.4, 0.5) is 0 Å². The van der Waals surface area contributed by atoms with Crippen molar-refractivity contribution in [3.63, 3.8) is 0 Å². The highest BCUT2D eigenvalue weighted by Gasteiger charge is 2.31. The fourth-order valence-corrected chi connectivity index (χ4v) is 3.15. The van der Waals surface area contributed by atoms with E-state index in [4.69, 9.17) is 4.74 Å². The summed E-state index contributed by atoms with van der Waals surface area (Å²) in [5.74, 6) is -0.656. The molecule has 1 aliphatic rings. The van der Waals surface area contributed by atoms with Gasteiger partial charge in [0.25, 0.3) is 5.91 Å². The molecule has 2 heterocycles. The maximum Gasteiger partial charge on any atom is 0.355 e. The van der Waals surface area contributed by atoms with Crippen molar-refractivity contribution < 1.29 is 19.4 Å². The molecule has 0 aromatic carbocycles. The van der Waals surface area contributed by atoms with E-state index in [1.54, 1.807) is 20.8 Å². The molecule has 2 atom stereocenters. The molecule has 1 fully saturated rings. The second kappa shape index (κ2) is 7.14. The molecule has 0 saturated carbocycles. The van der Waals surface area contributed by atoms with Crippen molar-refractivity contribution in [1.29, 1.82) is 0 Å². The van der Waals surface area contributed by atoms with Crippen molar-refractivity contribution in [3.8, 4) is 0 Å². The normalized spacial score (nSPS) is 21.4. The zero-order valence-electron chi connectivity index (χ0n) is 14.1. The number of hydrogen-bond donors (Lipinski definition) is 3. The summed E-state index contributed by atoms with van der Waals surface area (Å²) in [6.45, 7) is 6.31. The van der Waals surface area contributed by atoms with Gasteiger partial charge in [-0.3, -0.25) is 9.69 Å². The zero-order valence-corrected chi connectivity index (χ0v) is 14.1. The molecular weight excluding hydrogens is 298 g/mol. The van der Waals surface area contributed by atoms with Crippen LogP contribution in [0.15, 0.2) is 0 Å². The number of likely N-dealkylation sites (N-methyl/N-ethyl adjacent to an activating group) is 1. The van der Waals surface area contributed by atoms with Crippen LogP contribution in [0, 0.1) is 13.8 Å². The number of nitrogens with one attached hydrogen (secondary N) is 2. The topological polar surface area (TPSA) is 94.7 Å². The van der Waals surface area contributed by atoms with Crippen LogP contribution < -0.4 is 5.32 Å². The first-order valence-electron chi connectivity index (χ1n) is 7.87.